The minimum absolute atomic E-state index is 0.0450. The van der Waals surface area contributed by atoms with Gasteiger partial charge >= 0.3 is 5.97 Å². The van der Waals surface area contributed by atoms with Crippen LogP contribution in [0.3, 0.4) is 0 Å². The molecular formula is C18H31FN7O6P. The number of halogens is 1. The number of ether oxygens (including phenoxy) is 2. The second-order valence-electron chi connectivity index (χ2n) is 7.48. The molecule has 0 fully saturated rings. The number of nitrogens with zero attached hydrogens (tertiary/aromatic N) is 4. The van der Waals surface area contributed by atoms with Gasteiger partial charge in [-0.15, -0.1) is 0 Å². The van der Waals surface area contributed by atoms with Gasteiger partial charge in [-0.05, 0) is 27.7 Å². The molecule has 15 heteroatoms. The molecule has 5 atom stereocenters. The molecule has 13 nitrogen and oxygen atoms in total. The number of aromatic nitrogens is 4. The Hall–Kier alpha value is -2.38. The van der Waals surface area contributed by atoms with Crippen LogP contribution in [0.2, 0.25) is 0 Å². The topological polar surface area (TPSA) is 176 Å². The number of nitrogens with two attached hydrogens (primary N) is 1. The highest BCUT2D eigenvalue weighted by molar-refractivity contribution is 7.36. The highest BCUT2D eigenvalue weighted by Crippen LogP contribution is 2.26. The number of anilines is 2. The molecule has 0 saturated heterocycles. The SMILES string of the molecule is CNc1nc(N)nc2c1ncn2[C@@H](CF)O[C@H](CO[PH](=O)N[C@H](C)C(=O)OC(C)C)[C@H](C)O. The fraction of sp³-hybridized carbons (Fsp3) is 0.667. The second-order valence-corrected chi connectivity index (χ2v) is 8.63. The summed E-state index contributed by atoms with van der Waals surface area (Å²) in [6, 6.07) is -0.868. The molecule has 1 unspecified atom stereocenters. The number of rotatable bonds is 13. The third kappa shape index (κ3) is 7.30. The largest absolute Gasteiger partial charge is 0.462 e. The molecule has 0 aliphatic heterocycles. The van der Waals surface area contributed by atoms with Crippen LogP contribution < -0.4 is 16.1 Å². The van der Waals surface area contributed by atoms with Gasteiger partial charge in [0.2, 0.25) is 5.95 Å². The van der Waals surface area contributed by atoms with Gasteiger partial charge in [0.1, 0.15) is 18.8 Å². The Labute approximate surface area is 191 Å². The predicted octanol–water partition coefficient (Wildman–Crippen LogP) is 1.02. The molecule has 0 amide bonds. The molecule has 2 rings (SSSR count). The number of hydrogen-bond acceptors (Lipinski definition) is 11. The van der Waals surface area contributed by atoms with Gasteiger partial charge in [0.05, 0.1) is 25.1 Å². The van der Waals surface area contributed by atoms with E-state index in [9.17, 15) is 18.9 Å². The molecule has 0 bridgehead atoms. The first kappa shape index (κ1) is 26.9. The number of fused-ring (bicyclic) bond motifs is 1. The van der Waals surface area contributed by atoms with Crippen molar-refractivity contribution in [1.82, 2.24) is 24.6 Å². The van der Waals surface area contributed by atoms with E-state index >= 15 is 0 Å². The summed E-state index contributed by atoms with van der Waals surface area (Å²) < 4.78 is 43.4. The van der Waals surface area contributed by atoms with E-state index in [0.29, 0.717) is 11.3 Å². The van der Waals surface area contributed by atoms with Crippen molar-refractivity contribution in [2.24, 2.45) is 0 Å². The third-order valence-electron chi connectivity index (χ3n) is 4.41. The van der Waals surface area contributed by atoms with Crippen molar-refractivity contribution in [2.45, 2.75) is 58.3 Å². The summed E-state index contributed by atoms with van der Waals surface area (Å²) in [5.74, 6) is -0.266. The van der Waals surface area contributed by atoms with Gasteiger partial charge in [0, 0.05) is 7.05 Å². The Morgan fingerprint density at radius 3 is 2.61 bits per heavy atom. The van der Waals surface area contributed by atoms with Crippen molar-refractivity contribution in [3.8, 4) is 0 Å². The molecule has 0 aromatic carbocycles. The summed E-state index contributed by atoms with van der Waals surface area (Å²) in [6.45, 7) is 4.96. The van der Waals surface area contributed by atoms with Gasteiger partial charge in [-0.25, -0.2) is 14.5 Å². The number of carbonyl (C=O) groups is 1. The third-order valence-corrected chi connectivity index (χ3v) is 5.50. The van der Waals surface area contributed by atoms with Gasteiger partial charge in [-0.1, -0.05) is 0 Å². The van der Waals surface area contributed by atoms with Crippen LogP contribution in [0.15, 0.2) is 6.33 Å². The molecule has 0 saturated carbocycles. The van der Waals surface area contributed by atoms with Gasteiger partial charge in [-0.3, -0.25) is 13.9 Å². The highest BCUT2D eigenvalue weighted by Gasteiger charge is 2.26. The maximum atomic E-state index is 13.9. The van der Waals surface area contributed by atoms with Crippen LogP contribution in [0, 0.1) is 0 Å². The van der Waals surface area contributed by atoms with Crippen LogP contribution in [0.25, 0.3) is 11.2 Å². The highest BCUT2D eigenvalue weighted by atomic mass is 31.1. The van der Waals surface area contributed by atoms with Crippen LogP contribution in [0.4, 0.5) is 16.2 Å². The molecule has 2 heterocycles. The van der Waals surface area contributed by atoms with Crippen molar-refractivity contribution >= 4 is 37.1 Å². The first-order valence-corrected chi connectivity index (χ1v) is 11.6. The average Bonchev–Trinajstić information content (AvgIpc) is 3.16. The second kappa shape index (κ2) is 12.2. The van der Waals surface area contributed by atoms with Gasteiger partial charge in [0.25, 0.3) is 8.18 Å². The number of carbonyl (C=O) groups excluding carboxylic acids is 1. The number of alkyl halides is 1. The summed E-state index contributed by atoms with van der Waals surface area (Å²) in [5, 5.41) is 15.4. The minimum atomic E-state index is -2.89. The number of hydrogen-bond donors (Lipinski definition) is 4. The van der Waals surface area contributed by atoms with E-state index in [-0.39, 0.29) is 24.3 Å². The standard InChI is InChI=1S/C18H31FN7O6P/c1-9(2)31-17(28)10(3)25-33(29)30-7-12(11(4)27)32-13(6-19)26-8-22-14-15(21-5)23-18(20)24-16(14)26/h8-13,27,33H,6-7H2,1-5H3,(H,25,29)(H3,20,21,23,24)/t10-,11+,12-,13-/m1/s1. The van der Waals surface area contributed by atoms with E-state index in [2.05, 4.69) is 25.4 Å². The van der Waals surface area contributed by atoms with Crippen LogP contribution in [-0.2, 0) is 23.4 Å². The first-order valence-electron chi connectivity index (χ1n) is 10.3. The van der Waals surface area contributed by atoms with E-state index in [1.54, 1.807) is 20.9 Å². The summed E-state index contributed by atoms with van der Waals surface area (Å²) in [6.07, 6.45) is -2.39. The van der Waals surface area contributed by atoms with Crippen LogP contribution >= 0.6 is 8.18 Å². The lowest BCUT2D eigenvalue weighted by Crippen LogP contribution is -2.36. The Bertz CT molecular complexity index is 960. The van der Waals surface area contributed by atoms with E-state index < -0.39 is 45.3 Å². The van der Waals surface area contributed by atoms with E-state index in [1.165, 1.54) is 24.7 Å². The molecule has 0 radical (unpaired) electrons. The molecule has 186 valence electrons. The number of aliphatic hydroxyl groups excluding tert-OH is 1. The number of aliphatic hydroxyl groups is 1. The number of nitrogens with one attached hydrogen (secondary N) is 2. The summed E-state index contributed by atoms with van der Waals surface area (Å²) in [4.78, 5) is 24.1. The Balaban J connectivity index is 2.07. The minimum Gasteiger partial charge on any atom is -0.462 e. The van der Waals surface area contributed by atoms with Gasteiger partial charge in [-0.2, -0.15) is 9.97 Å². The summed E-state index contributed by atoms with van der Waals surface area (Å²) >= 11 is 0. The fourth-order valence-electron chi connectivity index (χ4n) is 2.76. The van der Waals surface area contributed by atoms with Crippen molar-refractivity contribution in [2.75, 3.05) is 31.4 Å². The monoisotopic (exact) mass is 491 g/mol. The zero-order valence-corrected chi connectivity index (χ0v) is 20.1. The van der Waals surface area contributed by atoms with Crippen LogP contribution in [-0.4, -0.2) is 75.3 Å². The lowest BCUT2D eigenvalue weighted by molar-refractivity contribution is -0.149. The Kier molecular flexibility index (Phi) is 9.92. The zero-order valence-electron chi connectivity index (χ0n) is 19.1. The molecule has 0 aliphatic rings. The van der Waals surface area contributed by atoms with Crippen molar-refractivity contribution in [3.63, 3.8) is 0 Å². The van der Waals surface area contributed by atoms with Crippen molar-refractivity contribution in [1.29, 1.82) is 0 Å². The zero-order chi connectivity index (χ0) is 24.7. The van der Waals surface area contributed by atoms with Crippen LogP contribution in [0.1, 0.15) is 33.9 Å². The smallest absolute Gasteiger partial charge is 0.323 e. The van der Waals surface area contributed by atoms with E-state index in [1.807, 2.05) is 0 Å². The molecule has 2 aromatic rings. The number of nitrogen functional groups attached to an aromatic ring is 1. The molecule has 5 N–H and O–H groups in total. The predicted molar refractivity (Wildman–Crippen MR) is 120 cm³/mol. The average molecular weight is 491 g/mol. The summed E-state index contributed by atoms with van der Waals surface area (Å²) in [5.41, 5.74) is 6.30. The van der Waals surface area contributed by atoms with Crippen molar-refractivity contribution in [3.05, 3.63) is 6.33 Å². The quantitative estimate of drug-likeness (QED) is 0.231. The normalized spacial score (nSPS) is 16.4. The first-order chi connectivity index (χ1) is 15.6. The maximum absolute atomic E-state index is 13.9. The Morgan fingerprint density at radius 2 is 2.03 bits per heavy atom. The molecule has 0 aliphatic carbocycles. The van der Waals surface area contributed by atoms with E-state index in [0.717, 1.165) is 0 Å². The maximum Gasteiger partial charge on any atom is 0.323 e. The van der Waals surface area contributed by atoms with Crippen molar-refractivity contribution < 1.29 is 32.9 Å². The van der Waals surface area contributed by atoms with Gasteiger partial charge in [0.15, 0.2) is 23.2 Å². The van der Waals surface area contributed by atoms with E-state index in [4.69, 9.17) is 19.7 Å². The molecule has 0 spiro atoms. The molecular weight excluding hydrogens is 460 g/mol. The fourth-order valence-corrected chi connectivity index (χ4v) is 3.63. The van der Waals surface area contributed by atoms with Crippen LogP contribution in [0.5, 0.6) is 0 Å². The lowest BCUT2D eigenvalue weighted by atomic mass is 10.2. The molecule has 33 heavy (non-hydrogen) atoms. The lowest BCUT2D eigenvalue weighted by Gasteiger charge is -2.26. The number of imidazole rings is 1. The summed E-state index contributed by atoms with van der Waals surface area (Å²) in [7, 11) is -1.26. The van der Waals surface area contributed by atoms with Gasteiger partial charge < -0.3 is 30.2 Å². The Morgan fingerprint density at radius 1 is 1.33 bits per heavy atom. The molecule has 2 aromatic heterocycles. The number of esters is 1.